The average Bonchev–Trinajstić information content (AvgIpc) is 2.73. The first-order chi connectivity index (χ1) is 14.3. The van der Waals surface area contributed by atoms with Crippen LogP contribution in [0.1, 0.15) is 24.0 Å². The Balaban J connectivity index is 1.43. The second-order valence-electron chi connectivity index (χ2n) is 7.10. The van der Waals surface area contributed by atoms with Crippen molar-refractivity contribution in [1.29, 1.82) is 0 Å². The number of piperidine rings is 1. The van der Waals surface area contributed by atoms with Crippen LogP contribution in [0.5, 0.6) is 5.75 Å². The topological polar surface area (TPSA) is 71.5 Å². The van der Waals surface area contributed by atoms with Gasteiger partial charge in [-0.05, 0) is 42.2 Å². The molecule has 1 aliphatic rings. The third kappa shape index (κ3) is 6.47. The third-order valence-corrected chi connectivity index (χ3v) is 4.92. The molecule has 3 rings (SSSR count). The first kappa shape index (κ1) is 21.6. The van der Waals surface area contributed by atoms with Gasteiger partial charge in [0.2, 0.25) is 11.8 Å². The lowest BCUT2D eigenvalue weighted by Crippen LogP contribution is -2.43. The van der Waals surface area contributed by atoms with Gasteiger partial charge in [-0.25, -0.2) is 0 Å². The van der Waals surface area contributed by atoms with Crippen LogP contribution >= 0.6 is 0 Å². The molecule has 1 N–H and O–H groups in total. The summed E-state index contributed by atoms with van der Waals surface area (Å²) in [7, 11) is 0. The van der Waals surface area contributed by atoms with Crippen molar-refractivity contribution >= 4 is 11.8 Å². The number of carbonyl (C=O) groups excluding carboxylic acids is 2. The molecule has 1 aliphatic heterocycles. The lowest BCUT2D eigenvalue weighted by molar-refractivity contribution is -0.274. The molecule has 2 heterocycles. The fourth-order valence-corrected chi connectivity index (χ4v) is 3.32. The Labute approximate surface area is 172 Å². The summed E-state index contributed by atoms with van der Waals surface area (Å²) in [6.45, 7) is 1.36. The molecular formula is C21H22F3N3O3. The van der Waals surface area contributed by atoms with E-state index in [9.17, 15) is 22.8 Å². The number of amides is 2. The lowest BCUT2D eigenvalue weighted by atomic mass is 9.95. The molecule has 0 unspecified atom stereocenters. The zero-order valence-corrected chi connectivity index (χ0v) is 16.2. The van der Waals surface area contributed by atoms with E-state index in [-0.39, 0.29) is 29.9 Å². The summed E-state index contributed by atoms with van der Waals surface area (Å²) in [5.41, 5.74) is 1.52. The Morgan fingerprint density at radius 3 is 2.40 bits per heavy atom. The Morgan fingerprint density at radius 2 is 1.80 bits per heavy atom. The number of pyridine rings is 1. The molecule has 9 heteroatoms. The molecule has 1 aromatic carbocycles. The molecule has 1 aromatic heterocycles. The number of likely N-dealkylation sites (tertiary alicyclic amines) is 1. The highest BCUT2D eigenvalue weighted by atomic mass is 19.4. The quantitative estimate of drug-likeness (QED) is 0.778. The van der Waals surface area contributed by atoms with E-state index in [4.69, 9.17) is 0 Å². The standard InChI is InChI=1S/C21H22F3N3O3/c22-21(23,24)30-18-5-3-15(4-6-18)12-19(28)27-10-7-17(8-11-27)20(29)26-14-16-2-1-9-25-13-16/h1-6,9,13,17H,7-8,10-12,14H2,(H,26,29). The summed E-state index contributed by atoms with van der Waals surface area (Å²) < 4.78 is 40.4. The summed E-state index contributed by atoms with van der Waals surface area (Å²) in [5.74, 6) is -0.624. The Bertz CT molecular complexity index is 849. The zero-order valence-electron chi connectivity index (χ0n) is 16.2. The smallest absolute Gasteiger partial charge is 0.406 e. The van der Waals surface area contributed by atoms with E-state index in [1.807, 2.05) is 12.1 Å². The van der Waals surface area contributed by atoms with Crippen molar-refractivity contribution in [2.24, 2.45) is 5.92 Å². The lowest BCUT2D eigenvalue weighted by Gasteiger charge is -2.31. The van der Waals surface area contributed by atoms with Crippen LogP contribution in [0.15, 0.2) is 48.8 Å². The van der Waals surface area contributed by atoms with Crippen molar-refractivity contribution in [3.8, 4) is 5.75 Å². The molecule has 0 aliphatic carbocycles. The fourth-order valence-electron chi connectivity index (χ4n) is 3.32. The van der Waals surface area contributed by atoms with Gasteiger partial charge in [0.1, 0.15) is 5.75 Å². The number of hydrogen-bond acceptors (Lipinski definition) is 4. The number of aromatic nitrogens is 1. The van der Waals surface area contributed by atoms with Gasteiger partial charge >= 0.3 is 6.36 Å². The maximum Gasteiger partial charge on any atom is 0.573 e. The second kappa shape index (κ2) is 9.60. The molecule has 1 fully saturated rings. The number of halogens is 3. The van der Waals surface area contributed by atoms with Crippen LogP contribution in [-0.4, -0.2) is 41.2 Å². The highest BCUT2D eigenvalue weighted by Crippen LogP contribution is 2.23. The van der Waals surface area contributed by atoms with Crippen LogP contribution in [0, 0.1) is 5.92 Å². The van der Waals surface area contributed by atoms with Gasteiger partial charge in [-0.3, -0.25) is 14.6 Å². The van der Waals surface area contributed by atoms with Crippen molar-refractivity contribution in [2.45, 2.75) is 32.2 Å². The first-order valence-corrected chi connectivity index (χ1v) is 9.59. The predicted octanol–water partition coefficient (Wildman–Crippen LogP) is 3.08. The van der Waals surface area contributed by atoms with E-state index in [0.29, 0.717) is 38.0 Å². The number of ether oxygens (including phenoxy) is 1. The van der Waals surface area contributed by atoms with Crippen LogP contribution in [0.4, 0.5) is 13.2 Å². The number of nitrogens with zero attached hydrogens (tertiary/aromatic N) is 2. The molecule has 0 atom stereocenters. The summed E-state index contributed by atoms with van der Waals surface area (Å²) in [6.07, 6.45) is -0.145. The summed E-state index contributed by atoms with van der Waals surface area (Å²) in [5, 5.41) is 2.90. The highest BCUT2D eigenvalue weighted by Gasteiger charge is 2.31. The van der Waals surface area contributed by atoms with Gasteiger partial charge in [-0.1, -0.05) is 18.2 Å². The van der Waals surface area contributed by atoms with E-state index in [1.54, 1.807) is 17.3 Å². The molecule has 30 heavy (non-hydrogen) atoms. The van der Waals surface area contributed by atoms with E-state index < -0.39 is 6.36 Å². The fraction of sp³-hybridized carbons (Fsp3) is 0.381. The van der Waals surface area contributed by atoms with E-state index >= 15 is 0 Å². The molecule has 6 nitrogen and oxygen atoms in total. The van der Waals surface area contributed by atoms with Crippen LogP contribution in [0.3, 0.4) is 0 Å². The normalized spacial score (nSPS) is 15.0. The largest absolute Gasteiger partial charge is 0.573 e. The molecule has 0 spiro atoms. The first-order valence-electron chi connectivity index (χ1n) is 9.59. The summed E-state index contributed by atoms with van der Waals surface area (Å²) in [4.78, 5) is 30.5. The van der Waals surface area contributed by atoms with Crippen molar-refractivity contribution in [3.63, 3.8) is 0 Å². The van der Waals surface area contributed by atoms with Crippen molar-refractivity contribution in [1.82, 2.24) is 15.2 Å². The number of carbonyl (C=O) groups is 2. The minimum absolute atomic E-state index is 0.0359. The minimum Gasteiger partial charge on any atom is -0.406 e. The van der Waals surface area contributed by atoms with Gasteiger partial charge in [0.15, 0.2) is 0 Å². The number of rotatable bonds is 6. The maximum atomic E-state index is 12.5. The van der Waals surface area contributed by atoms with Gasteiger partial charge in [-0.15, -0.1) is 13.2 Å². The number of benzene rings is 1. The van der Waals surface area contributed by atoms with Crippen LogP contribution in [0.2, 0.25) is 0 Å². The highest BCUT2D eigenvalue weighted by molar-refractivity contribution is 5.81. The van der Waals surface area contributed by atoms with Gasteiger partial charge in [0.05, 0.1) is 6.42 Å². The van der Waals surface area contributed by atoms with Gasteiger partial charge in [-0.2, -0.15) is 0 Å². The maximum absolute atomic E-state index is 12.5. The van der Waals surface area contributed by atoms with Crippen molar-refractivity contribution < 1.29 is 27.5 Å². The van der Waals surface area contributed by atoms with Crippen LogP contribution in [0.25, 0.3) is 0 Å². The van der Waals surface area contributed by atoms with Crippen molar-refractivity contribution in [3.05, 3.63) is 59.9 Å². The SMILES string of the molecule is O=C(NCc1cccnc1)C1CCN(C(=O)Cc2ccc(OC(F)(F)F)cc2)CC1. The predicted molar refractivity (Wildman–Crippen MR) is 102 cm³/mol. The van der Waals surface area contributed by atoms with Gasteiger partial charge < -0.3 is 15.0 Å². The molecular weight excluding hydrogens is 399 g/mol. The molecule has 2 aromatic rings. The Kier molecular flexibility index (Phi) is 6.91. The van der Waals surface area contributed by atoms with Crippen molar-refractivity contribution in [2.75, 3.05) is 13.1 Å². The van der Waals surface area contributed by atoms with E-state index in [0.717, 1.165) is 5.56 Å². The number of nitrogens with one attached hydrogen (secondary N) is 1. The van der Waals surface area contributed by atoms with Crippen LogP contribution in [-0.2, 0) is 22.6 Å². The zero-order chi connectivity index (χ0) is 21.6. The van der Waals surface area contributed by atoms with Gasteiger partial charge in [0, 0.05) is 37.9 Å². The van der Waals surface area contributed by atoms with E-state index in [1.165, 1.54) is 24.3 Å². The number of alkyl halides is 3. The third-order valence-electron chi connectivity index (χ3n) is 4.92. The summed E-state index contributed by atoms with van der Waals surface area (Å²) >= 11 is 0. The molecule has 0 radical (unpaired) electrons. The Morgan fingerprint density at radius 1 is 1.10 bits per heavy atom. The van der Waals surface area contributed by atoms with Crippen LogP contribution < -0.4 is 10.1 Å². The molecule has 1 saturated heterocycles. The van der Waals surface area contributed by atoms with E-state index in [2.05, 4.69) is 15.0 Å². The Hall–Kier alpha value is -3.10. The average molecular weight is 421 g/mol. The molecule has 0 saturated carbocycles. The monoisotopic (exact) mass is 421 g/mol. The van der Waals surface area contributed by atoms with Gasteiger partial charge in [0.25, 0.3) is 0 Å². The molecule has 0 bridgehead atoms. The minimum atomic E-state index is -4.74. The number of hydrogen-bond donors (Lipinski definition) is 1. The molecule has 2 amide bonds. The second-order valence-corrected chi connectivity index (χ2v) is 7.10. The molecule has 160 valence electrons. The summed E-state index contributed by atoms with van der Waals surface area (Å²) in [6, 6.07) is 8.96.